The number of halogens is 1. The molecule has 0 bridgehead atoms. The maximum absolute atomic E-state index is 4.29. The third-order valence-corrected chi connectivity index (χ3v) is 4.98. The van der Waals surface area contributed by atoms with Crippen molar-refractivity contribution in [2.75, 3.05) is 13.6 Å². The molecule has 4 rings (SSSR count). The lowest BCUT2D eigenvalue weighted by atomic mass is 10.0. The van der Waals surface area contributed by atoms with Gasteiger partial charge in [-0.3, -0.25) is 4.90 Å². The summed E-state index contributed by atoms with van der Waals surface area (Å²) in [5, 5.41) is 1.21. The van der Waals surface area contributed by atoms with Gasteiger partial charge in [-0.05, 0) is 59.8 Å². The van der Waals surface area contributed by atoms with E-state index < -0.39 is 0 Å². The molecule has 1 N–H and O–H groups in total. The van der Waals surface area contributed by atoms with Gasteiger partial charge in [0.15, 0.2) is 0 Å². The third-order valence-electron chi connectivity index (χ3n) is 4.55. The number of aromatic amines is 1. The van der Waals surface area contributed by atoms with E-state index in [2.05, 4.69) is 50.0 Å². The summed E-state index contributed by atoms with van der Waals surface area (Å²) in [5.74, 6) is 0. The number of H-pyrrole nitrogens is 1. The van der Waals surface area contributed by atoms with Gasteiger partial charge in [-0.2, -0.15) is 0 Å². The summed E-state index contributed by atoms with van der Waals surface area (Å²) in [7, 11) is 2.25. The number of nitrogens with zero attached hydrogens (tertiary/aromatic N) is 2. The lowest BCUT2D eigenvalue weighted by Crippen LogP contribution is -2.18. The summed E-state index contributed by atoms with van der Waals surface area (Å²) in [4.78, 5) is 10.4. The Morgan fingerprint density at radius 3 is 3.00 bits per heavy atom. The molecule has 94 valence electrons. The SMILES string of the molecule is CN1CC2(CC2)C[C@@H]1c1cc2cnc(Br)cc2[nH]1. The monoisotopic (exact) mass is 305 g/mol. The van der Waals surface area contributed by atoms with Gasteiger partial charge < -0.3 is 4.98 Å². The Morgan fingerprint density at radius 2 is 2.28 bits per heavy atom. The lowest BCUT2D eigenvalue weighted by Gasteiger charge is -2.17. The van der Waals surface area contributed by atoms with Gasteiger partial charge in [0.2, 0.25) is 0 Å². The van der Waals surface area contributed by atoms with Gasteiger partial charge in [0, 0.05) is 29.3 Å². The first-order chi connectivity index (χ1) is 8.65. The Balaban J connectivity index is 1.74. The van der Waals surface area contributed by atoms with Crippen LogP contribution in [0.3, 0.4) is 0 Å². The average molecular weight is 306 g/mol. The van der Waals surface area contributed by atoms with Gasteiger partial charge in [0.05, 0.1) is 6.04 Å². The summed E-state index contributed by atoms with van der Waals surface area (Å²) < 4.78 is 0.891. The largest absolute Gasteiger partial charge is 0.357 e. The summed E-state index contributed by atoms with van der Waals surface area (Å²) in [6, 6.07) is 4.87. The minimum Gasteiger partial charge on any atom is -0.357 e. The zero-order chi connectivity index (χ0) is 12.3. The molecule has 0 amide bonds. The summed E-state index contributed by atoms with van der Waals surface area (Å²) in [6.07, 6.45) is 6.08. The molecule has 1 saturated carbocycles. The number of pyridine rings is 1. The van der Waals surface area contributed by atoms with Crippen molar-refractivity contribution in [3.8, 4) is 0 Å². The zero-order valence-corrected chi connectivity index (χ0v) is 12.0. The van der Waals surface area contributed by atoms with Crippen molar-refractivity contribution in [2.45, 2.75) is 25.3 Å². The number of hydrogen-bond acceptors (Lipinski definition) is 2. The van der Waals surface area contributed by atoms with Crippen molar-refractivity contribution < 1.29 is 0 Å². The van der Waals surface area contributed by atoms with E-state index in [1.807, 2.05) is 6.20 Å². The van der Waals surface area contributed by atoms with Gasteiger partial charge in [-0.15, -0.1) is 0 Å². The number of fused-ring (bicyclic) bond motifs is 1. The molecule has 2 fully saturated rings. The number of nitrogens with one attached hydrogen (secondary N) is 1. The number of aromatic nitrogens is 2. The maximum atomic E-state index is 4.29. The van der Waals surface area contributed by atoms with Crippen molar-refractivity contribution in [1.29, 1.82) is 0 Å². The van der Waals surface area contributed by atoms with E-state index in [4.69, 9.17) is 0 Å². The highest BCUT2D eigenvalue weighted by Gasteiger charge is 2.51. The second-order valence-corrected chi connectivity index (χ2v) is 6.77. The lowest BCUT2D eigenvalue weighted by molar-refractivity contribution is 0.308. The fourth-order valence-corrected chi connectivity index (χ4v) is 3.69. The van der Waals surface area contributed by atoms with E-state index in [0.29, 0.717) is 11.5 Å². The van der Waals surface area contributed by atoms with Crippen LogP contribution in [0.4, 0.5) is 0 Å². The first kappa shape index (κ1) is 11.0. The second-order valence-electron chi connectivity index (χ2n) is 5.95. The average Bonchev–Trinajstić information content (AvgIpc) is 2.82. The molecule has 2 aromatic heterocycles. The first-order valence-electron chi connectivity index (χ1n) is 6.50. The van der Waals surface area contributed by atoms with E-state index in [-0.39, 0.29) is 0 Å². The summed E-state index contributed by atoms with van der Waals surface area (Å²) in [5.41, 5.74) is 3.17. The molecule has 2 aromatic rings. The Hall–Kier alpha value is -0.870. The van der Waals surface area contributed by atoms with Gasteiger partial charge in [-0.25, -0.2) is 4.98 Å². The van der Waals surface area contributed by atoms with Crippen LogP contribution in [0.2, 0.25) is 0 Å². The third kappa shape index (κ3) is 1.62. The van der Waals surface area contributed by atoms with E-state index >= 15 is 0 Å². The van der Waals surface area contributed by atoms with Crippen LogP contribution in [0.15, 0.2) is 22.9 Å². The molecule has 2 aliphatic rings. The van der Waals surface area contributed by atoms with Crippen LogP contribution in [0.1, 0.15) is 31.0 Å². The van der Waals surface area contributed by atoms with Gasteiger partial charge in [0.25, 0.3) is 0 Å². The Bertz CT molecular complexity index is 615. The molecular formula is C14H16BrN3. The molecular weight excluding hydrogens is 290 g/mol. The van der Waals surface area contributed by atoms with Crippen LogP contribution in [0.5, 0.6) is 0 Å². The standard InChI is InChI=1S/C14H16BrN3/c1-18-8-14(2-3-14)6-12(18)11-4-9-7-16-13(15)5-10(9)17-11/h4-5,7,12,17H,2-3,6,8H2,1H3/t12-/m1/s1. The van der Waals surface area contributed by atoms with Crippen LogP contribution >= 0.6 is 15.9 Å². The fourth-order valence-electron chi connectivity index (χ4n) is 3.36. The molecule has 3 heterocycles. The smallest absolute Gasteiger partial charge is 0.108 e. The van der Waals surface area contributed by atoms with Crippen molar-refractivity contribution in [1.82, 2.24) is 14.9 Å². The molecule has 0 aromatic carbocycles. The highest BCUT2D eigenvalue weighted by molar-refractivity contribution is 9.10. The van der Waals surface area contributed by atoms with Gasteiger partial charge in [-0.1, -0.05) is 0 Å². The molecule has 4 heteroatoms. The highest BCUT2D eigenvalue weighted by Crippen LogP contribution is 2.57. The van der Waals surface area contributed by atoms with E-state index in [1.54, 1.807) is 0 Å². The predicted molar refractivity (Wildman–Crippen MR) is 75.4 cm³/mol. The minimum atomic E-state index is 0.554. The van der Waals surface area contributed by atoms with Crippen LogP contribution in [0.25, 0.3) is 10.9 Å². The molecule has 1 atom stereocenters. The maximum Gasteiger partial charge on any atom is 0.108 e. The number of likely N-dealkylation sites (tertiary alicyclic amines) is 1. The fraction of sp³-hybridized carbons (Fsp3) is 0.500. The number of rotatable bonds is 1. The summed E-state index contributed by atoms with van der Waals surface area (Å²) >= 11 is 3.42. The predicted octanol–water partition coefficient (Wildman–Crippen LogP) is 3.48. The Labute approximate surface area is 115 Å². The Morgan fingerprint density at radius 1 is 1.44 bits per heavy atom. The summed E-state index contributed by atoms with van der Waals surface area (Å²) in [6.45, 7) is 1.26. The van der Waals surface area contributed by atoms with Crippen molar-refractivity contribution in [2.24, 2.45) is 5.41 Å². The molecule has 18 heavy (non-hydrogen) atoms. The second kappa shape index (κ2) is 3.58. The molecule has 0 radical (unpaired) electrons. The Kier molecular flexibility index (Phi) is 2.19. The van der Waals surface area contributed by atoms with Crippen LogP contribution in [-0.4, -0.2) is 28.5 Å². The topological polar surface area (TPSA) is 31.9 Å². The van der Waals surface area contributed by atoms with Crippen molar-refractivity contribution in [3.05, 3.63) is 28.6 Å². The molecule has 1 aliphatic carbocycles. The molecule has 1 saturated heterocycles. The van der Waals surface area contributed by atoms with Crippen LogP contribution in [-0.2, 0) is 0 Å². The highest BCUT2D eigenvalue weighted by atomic mass is 79.9. The quantitative estimate of drug-likeness (QED) is 0.818. The molecule has 3 nitrogen and oxygen atoms in total. The normalized spacial score (nSPS) is 26.2. The van der Waals surface area contributed by atoms with Gasteiger partial charge >= 0.3 is 0 Å². The van der Waals surface area contributed by atoms with Crippen molar-refractivity contribution in [3.63, 3.8) is 0 Å². The van der Waals surface area contributed by atoms with E-state index in [9.17, 15) is 0 Å². The number of hydrogen-bond donors (Lipinski definition) is 1. The molecule has 1 aliphatic heterocycles. The van der Waals surface area contributed by atoms with E-state index in [0.717, 1.165) is 4.60 Å². The van der Waals surface area contributed by atoms with Gasteiger partial charge in [0.1, 0.15) is 4.60 Å². The first-order valence-corrected chi connectivity index (χ1v) is 7.29. The minimum absolute atomic E-state index is 0.554. The van der Waals surface area contributed by atoms with E-state index in [1.165, 1.54) is 42.4 Å². The van der Waals surface area contributed by atoms with Crippen LogP contribution < -0.4 is 0 Å². The molecule has 1 spiro atoms. The molecule has 0 unspecified atom stereocenters. The van der Waals surface area contributed by atoms with Crippen molar-refractivity contribution >= 4 is 26.8 Å². The van der Waals surface area contributed by atoms with Crippen LogP contribution in [0, 0.1) is 5.41 Å². The zero-order valence-electron chi connectivity index (χ0n) is 10.4.